The number of carbonyl (C=O) groups is 1. The summed E-state index contributed by atoms with van der Waals surface area (Å²) >= 11 is 2.85. The van der Waals surface area contributed by atoms with E-state index in [0.29, 0.717) is 41.0 Å². The zero-order valence-corrected chi connectivity index (χ0v) is 19.9. The number of carbonyl (C=O) groups excluding carboxylic acids is 1. The van der Waals surface area contributed by atoms with E-state index in [-0.39, 0.29) is 17.3 Å². The van der Waals surface area contributed by atoms with Gasteiger partial charge in [0.1, 0.15) is 10.8 Å². The second kappa shape index (κ2) is 10.0. The fraction of sp³-hybridized carbons (Fsp3) is 0.250. The maximum absolute atomic E-state index is 13.2. The fourth-order valence-corrected chi connectivity index (χ4v) is 5.54. The van der Waals surface area contributed by atoms with Crippen molar-refractivity contribution >= 4 is 34.0 Å². The van der Waals surface area contributed by atoms with Crippen molar-refractivity contribution in [1.29, 1.82) is 0 Å². The number of piperazine rings is 1. The molecule has 1 saturated heterocycles. The van der Waals surface area contributed by atoms with Crippen molar-refractivity contribution in [2.75, 3.05) is 31.9 Å². The molecule has 5 rings (SSSR count). The van der Waals surface area contributed by atoms with Crippen LogP contribution in [0.25, 0.3) is 15.5 Å². The molecule has 0 aliphatic carbocycles. The summed E-state index contributed by atoms with van der Waals surface area (Å²) in [5.41, 5.74) is 1.18. The van der Waals surface area contributed by atoms with Gasteiger partial charge in [0.25, 0.3) is 5.56 Å². The van der Waals surface area contributed by atoms with Gasteiger partial charge in [-0.1, -0.05) is 29.5 Å². The van der Waals surface area contributed by atoms with E-state index in [1.165, 1.54) is 34.1 Å². The lowest BCUT2D eigenvalue weighted by atomic mass is 10.2. The lowest BCUT2D eigenvalue weighted by Gasteiger charge is -2.34. The highest BCUT2D eigenvalue weighted by Crippen LogP contribution is 2.24. The number of amides is 1. The highest BCUT2D eigenvalue weighted by Gasteiger charge is 2.22. The van der Waals surface area contributed by atoms with Gasteiger partial charge in [-0.25, -0.2) is 9.37 Å². The standard InChI is InChI=1S/C24H22FN5O2S2/c25-18-8-6-17(7-9-18)23-27-30-21(31)14-19(26-24(30)34-23)15-28-10-12-29(13-11-28)22(32)16-33-20-4-2-1-3-5-20/h1-9,14H,10-13,15-16H2. The quantitative estimate of drug-likeness (QED) is 0.382. The maximum Gasteiger partial charge on any atom is 0.275 e. The summed E-state index contributed by atoms with van der Waals surface area (Å²) in [5, 5.41) is 4.96. The van der Waals surface area contributed by atoms with Crippen molar-refractivity contribution in [1.82, 2.24) is 24.4 Å². The van der Waals surface area contributed by atoms with Gasteiger partial charge in [0.15, 0.2) is 0 Å². The average molecular weight is 496 g/mol. The SMILES string of the molecule is O=C(CSc1ccccc1)N1CCN(Cc2cc(=O)n3nc(-c4ccc(F)cc4)sc3n2)CC1. The topological polar surface area (TPSA) is 70.8 Å². The molecule has 174 valence electrons. The van der Waals surface area contributed by atoms with Crippen LogP contribution in [0.1, 0.15) is 5.69 Å². The molecular weight excluding hydrogens is 473 g/mol. The van der Waals surface area contributed by atoms with E-state index in [1.54, 1.807) is 23.9 Å². The van der Waals surface area contributed by atoms with Crippen LogP contribution in [0.4, 0.5) is 4.39 Å². The van der Waals surface area contributed by atoms with E-state index in [9.17, 15) is 14.0 Å². The minimum absolute atomic E-state index is 0.143. The molecule has 0 unspecified atom stereocenters. The molecule has 0 radical (unpaired) electrons. The van der Waals surface area contributed by atoms with Crippen molar-refractivity contribution in [2.45, 2.75) is 11.4 Å². The summed E-state index contributed by atoms with van der Waals surface area (Å²) in [6, 6.07) is 17.4. The van der Waals surface area contributed by atoms with E-state index in [1.807, 2.05) is 35.2 Å². The van der Waals surface area contributed by atoms with Gasteiger partial charge in [0, 0.05) is 49.2 Å². The van der Waals surface area contributed by atoms with Gasteiger partial charge in [0.05, 0.1) is 11.4 Å². The Hall–Kier alpha value is -3.08. The Kier molecular flexibility index (Phi) is 6.70. The number of rotatable bonds is 6. The molecule has 7 nitrogen and oxygen atoms in total. The van der Waals surface area contributed by atoms with Crippen LogP contribution in [0.5, 0.6) is 0 Å². The Labute approximate surface area is 203 Å². The highest BCUT2D eigenvalue weighted by atomic mass is 32.2. The van der Waals surface area contributed by atoms with E-state index < -0.39 is 0 Å². The summed E-state index contributed by atoms with van der Waals surface area (Å²) in [6.45, 7) is 3.31. The molecule has 1 aliphatic heterocycles. The number of hydrogen-bond donors (Lipinski definition) is 0. The number of thioether (sulfide) groups is 1. The van der Waals surface area contributed by atoms with Crippen LogP contribution in [-0.4, -0.2) is 62.2 Å². The molecule has 2 aromatic carbocycles. The molecule has 3 heterocycles. The smallest absolute Gasteiger partial charge is 0.275 e. The number of benzene rings is 2. The van der Waals surface area contributed by atoms with E-state index >= 15 is 0 Å². The first kappa shape index (κ1) is 22.7. The normalized spacial score (nSPS) is 14.6. The predicted octanol–water partition coefficient (Wildman–Crippen LogP) is 3.39. The molecule has 10 heteroatoms. The summed E-state index contributed by atoms with van der Waals surface area (Å²) in [4.78, 5) is 35.5. The summed E-state index contributed by atoms with van der Waals surface area (Å²) in [7, 11) is 0. The molecule has 4 aromatic rings. The van der Waals surface area contributed by atoms with Crippen LogP contribution in [0.15, 0.2) is 70.4 Å². The first-order valence-corrected chi connectivity index (χ1v) is 12.7. The van der Waals surface area contributed by atoms with Crippen molar-refractivity contribution in [3.05, 3.63) is 82.5 Å². The van der Waals surface area contributed by atoms with Crippen molar-refractivity contribution in [3.63, 3.8) is 0 Å². The monoisotopic (exact) mass is 495 g/mol. The van der Waals surface area contributed by atoms with Gasteiger partial charge in [-0.2, -0.15) is 9.61 Å². The fourth-order valence-electron chi connectivity index (χ4n) is 3.78. The van der Waals surface area contributed by atoms with Gasteiger partial charge < -0.3 is 4.90 Å². The molecular formula is C24H22FN5O2S2. The molecule has 1 fully saturated rings. The predicted molar refractivity (Wildman–Crippen MR) is 132 cm³/mol. The third-order valence-corrected chi connectivity index (χ3v) is 7.56. The Morgan fingerprint density at radius 2 is 1.76 bits per heavy atom. The van der Waals surface area contributed by atoms with Crippen molar-refractivity contribution in [2.24, 2.45) is 0 Å². The molecule has 0 atom stereocenters. The van der Waals surface area contributed by atoms with Crippen LogP contribution in [0.3, 0.4) is 0 Å². The minimum Gasteiger partial charge on any atom is -0.339 e. The minimum atomic E-state index is -0.320. The average Bonchev–Trinajstić information content (AvgIpc) is 3.29. The Morgan fingerprint density at radius 3 is 2.50 bits per heavy atom. The van der Waals surface area contributed by atoms with Crippen molar-refractivity contribution < 1.29 is 9.18 Å². The first-order valence-electron chi connectivity index (χ1n) is 10.9. The Balaban J connectivity index is 1.20. The third kappa shape index (κ3) is 5.19. The molecule has 2 aromatic heterocycles. The summed E-state index contributed by atoms with van der Waals surface area (Å²) < 4.78 is 14.5. The lowest BCUT2D eigenvalue weighted by Crippen LogP contribution is -2.49. The number of aromatic nitrogens is 3. The van der Waals surface area contributed by atoms with Crippen LogP contribution in [0, 0.1) is 5.82 Å². The number of hydrogen-bond acceptors (Lipinski definition) is 7. The summed E-state index contributed by atoms with van der Waals surface area (Å²) in [6.07, 6.45) is 0. The number of fused-ring (bicyclic) bond motifs is 1. The van der Waals surface area contributed by atoms with E-state index in [0.717, 1.165) is 23.5 Å². The van der Waals surface area contributed by atoms with Gasteiger partial charge >= 0.3 is 0 Å². The van der Waals surface area contributed by atoms with Crippen LogP contribution >= 0.6 is 23.1 Å². The molecule has 0 spiro atoms. The van der Waals surface area contributed by atoms with Gasteiger partial charge in [0.2, 0.25) is 10.9 Å². The molecule has 1 aliphatic rings. The Bertz CT molecular complexity index is 1350. The molecule has 0 bridgehead atoms. The Morgan fingerprint density at radius 1 is 1.03 bits per heavy atom. The number of halogens is 1. The first-order chi connectivity index (χ1) is 16.5. The van der Waals surface area contributed by atoms with E-state index in [2.05, 4.69) is 15.0 Å². The zero-order chi connectivity index (χ0) is 23.5. The van der Waals surface area contributed by atoms with Gasteiger partial charge in [-0.15, -0.1) is 11.8 Å². The largest absolute Gasteiger partial charge is 0.339 e. The number of nitrogens with zero attached hydrogens (tertiary/aromatic N) is 5. The third-order valence-electron chi connectivity index (χ3n) is 5.61. The van der Waals surface area contributed by atoms with Crippen LogP contribution in [0.2, 0.25) is 0 Å². The summed E-state index contributed by atoms with van der Waals surface area (Å²) in [5.74, 6) is 0.254. The molecule has 0 N–H and O–H groups in total. The van der Waals surface area contributed by atoms with E-state index in [4.69, 9.17) is 0 Å². The molecule has 34 heavy (non-hydrogen) atoms. The van der Waals surface area contributed by atoms with Gasteiger partial charge in [-0.3, -0.25) is 14.5 Å². The van der Waals surface area contributed by atoms with Gasteiger partial charge in [-0.05, 0) is 36.4 Å². The maximum atomic E-state index is 13.2. The lowest BCUT2D eigenvalue weighted by molar-refractivity contribution is -0.130. The zero-order valence-electron chi connectivity index (χ0n) is 18.3. The highest BCUT2D eigenvalue weighted by molar-refractivity contribution is 8.00. The molecule has 0 saturated carbocycles. The second-order valence-corrected chi connectivity index (χ2v) is 9.96. The van der Waals surface area contributed by atoms with Crippen LogP contribution < -0.4 is 5.56 Å². The second-order valence-electron chi connectivity index (χ2n) is 7.95. The van der Waals surface area contributed by atoms with Crippen molar-refractivity contribution in [3.8, 4) is 10.6 Å². The van der Waals surface area contributed by atoms with Crippen LogP contribution in [-0.2, 0) is 11.3 Å². The molecule has 1 amide bonds.